The summed E-state index contributed by atoms with van der Waals surface area (Å²) in [4.78, 5) is 14.3. The molecule has 1 amide bonds. The average molecular weight is 289 g/mol. The predicted octanol–water partition coefficient (Wildman–Crippen LogP) is 2.25. The number of likely N-dealkylation sites (tertiary alicyclic amines) is 1. The average Bonchev–Trinajstić information content (AvgIpc) is 2.50. The van der Waals surface area contributed by atoms with Gasteiger partial charge in [0.1, 0.15) is 0 Å². The number of carbonyl (C=O) groups excluding carboxylic acids is 1. The second kappa shape index (κ2) is 8.15. The highest BCUT2D eigenvalue weighted by Gasteiger charge is 2.19. The third-order valence-electron chi connectivity index (χ3n) is 4.18. The molecule has 0 bridgehead atoms. The normalized spacial score (nSPS) is 16.9. The number of nitrogens with one attached hydrogen (secondary N) is 1. The van der Waals surface area contributed by atoms with Gasteiger partial charge in [-0.25, -0.2) is 0 Å². The van der Waals surface area contributed by atoms with E-state index in [9.17, 15) is 4.79 Å². The van der Waals surface area contributed by atoms with Crippen LogP contribution in [0.2, 0.25) is 0 Å². The van der Waals surface area contributed by atoms with Gasteiger partial charge in [0.25, 0.3) is 0 Å². The van der Waals surface area contributed by atoms with Gasteiger partial charge < -0.3 is 11.1 Å². The van der Waals surface area contributed by atoms with E-state index in [0.717, 1.165) is 51.0 Å². The first-order chi connectivity index (χ1) is 10.2. The molecule has 0 spiro atoms. The van der Waals surface area contributed by atoms with E-state index >= 15 is 0 Å². The Balaban J connectivity index is 1.76. The molecule has 4 heteroatoms. The molecule has 2 rings (SSSR count). The van der Waals surface area contributed by atoms with E-state index in [-0.39, 0.29) is 5.91 Å². The first-order valence-corrected chi connectivity index (χ1v) is 8.02. The van der Waals surface area contributed by atoms with Crippen LogP contribution in [0, 0.1) is 5.92 Å². The summed E-state index contributed by atoms with van der Waals surface area (Å²) < 4.78 is 0. The predicted molar refractivity (Wildman–Crippen MR) is 87.3 cm³/mol. The van der Waals surface area contributed by atoms with E-state index in [1.807, 2.05) is 12.1 Å². The fourth-order valence-corrected chi connectivity index (χ4v) is 2.83. The van der Waals surface area contributed by atoms with Gasteiger partial charge >= 0.3 is 0 Å². The van der Waals surface area contributed by atoms with Crippen LogP contribution >= 0.6 is 0 Å². The number of rotatable bonds is 6. The molecule has 4 nitrogen and oxygen atoms in total. The van der Waals surface area contributed by atoms with Crippen LogP contribution in [0.4, 0.5) is 5.69 Å². The molecule has 1 aliphatic heterocycles. The molecule has 21 heavy (non-hydrogen) atoms. The summed E-state index contributed by atoms with van der Waals surface area (Å²) in [5.74, 6) is 0.708. The molecule has 1 aromatic rings. The lowest BCUT2D eigenvalue weighted by Gasteiger charge is -2.30. The molecule has 1 fully saturated rings. The highest BCUT2D eigenvalue weighted by atomic mass is 16.2. The number of benzene rings is 1. The number of hydrogen-bond acceptors (Lipinski definition) is 3. The zero-order chi connectivity index (χ0) is 15.1. The summed E-state index contributed by atoms with van der Waals surface area (Å²) in [6, 6.07) is 8.16. The maximum absolute atomic E-state index is 12.1. The summed E-state index contributed by atoms with van der Waals surface area (Å²) in [5.41, 5.74) is 7.89. The van der Waals surface area contributed by atoms with Crippen molar-refractivity contribution in [3.05, 3.63) is 29.8 Å². The minimum atomic E-state index is 0.0736. The molecular formula is C17H27N3O. The maximum atomic E-state index is 12.1. The van der Waals surface area contributed by atoms with Gasteiger partial charge in [0.15, 0.2) is 0 Å². The second-order valence-electron chi connectivity index (χ2n) is 5.95. The van der Waals surface area contributed by atoms with Gasteiger partial charge in [-0.3, -0.25) is 9.69 Å². The third-order valence-corrected chi connectivity index (χ3v) is 4.18. The number of carbonyl (C=O) groups is 1. The molecule has 0 saturated carbocycles. The van der Waals surface area contributed by atoms with Gasteiger partial charge in [-0.15, -0.1) is 0 Å². The zero-order valence-corrected chi connectivity index (χ0v) is 13.0. The Labute approximate surface area is 127 Å². The van der Waals surface area contributed by atoms with Crippen molar-refractivity contribution >= 4 is 11.6 Å². The number of aryl methyl sites for hydroxylation is 1. The standard InChI is InChI=1S/C17H27N3O/c1-2-3-14-4-6-16(7-5-14)19-17(21)13-20-10-8-15(12-18)9-11-20/h4-7,15H,2-3,8-13,18H2,1H3,(H,19,21). The van der Waals surface area contributed by atoms with Gasteiger partial charge in [0.2, 0.25) is 5.91 Å². The molecule has 1 heterocycles. The molecule has 0 unspecified atom stereocenters. The van der Waals surface area contributed by atoms with Crippen LogP contribution in [0.25, 0.3) is 0 Å². The van der Waals surface area contributed by atoms with E-state index in [2.05, 4.69) is 29.3 Å². The lowest BCUT2D eigenvalue weighted by atomic mass is 9.97. The van der Waals surface area contributed by atoms with Crippen molar-refractivity contribution < 1.29 is 4.79 Å². The monoisotopic (exact) mass is 289 g/mol. The van der Waals surface area contributed by atoms with Crippen molar-refractivity contribution in [3.8, 4) is 0 Å². The Morgan fingerprint density at radius 2 is 1.95 bits per heavy atom. The number of hydrogen-bond donors (Lipinski definition) is 2. The molecular weight excluding hydrogens is 262 g/mol. The first kappa shape index (κ1) is 16.0. The highest BCUT2D eigenvalue weighted by Crippen LogP contribution is 2.16. The van der Waals surface area contributed by atoms with Crippen LogP contribution in [-0.4, -0.2) is 37.0 Å². The Morgan fingerprint density at radius 3 is 2.52 bits per heavy atom. The minimum absolute atomic E-state index is 0.0736. The van der Waals surface area contributed by atoms with Crippen molar-refractivity contribution in [2.24, 2.45) is 11.7 Å². The molecule has 0 atom stereocenters. The van der Waals surface area contributed by atoms with Crippen LogP contribution < -0.4 is 11.1 Å². The number of nitrogens with zero attached hydrogens (tertiary/aromatic N) is 1. The van der Waals surface area contributed by atoms with Gasteiger partial charge in [-0.1, -0.05) is 25.5 Å². The van der Waals surface area contributed by atoms with Crippen LogP contribution in [0.5, 0.6) is 0 Å². The third kappa shape index (κ3) is 5.14. The smallest absolute Gasteiger partial charge is 0.238 e. The van der Waals surface area contributed by atoms with Crippen LogP contribution in [0.15, 0.2) is 24.3 Å². The van der Waals surface area contributed by atoms with E-state index in [1.54, 1.807) is 0 Å². The van der Waals surface area contributed by atoms with Crippen molar-refractivity contribution in [1.29, 1.82) is 0 Å². The second-order valence-corrected chi connectivity index (χ2v) is 5.95. The van der Waals surface area contributed by atoms with Gasteiger partial charge in [0, 0.05) is 5.69 Å². The maximum Gasteiger partial charge on any atom is 0.238 e. The fraction of sp³-hybridized carbons (Fsp3) is 0.588. The van der Waals surface area contributed by atoms with Crippen LogP contribution in [0.3, 0.4) is 0 Å². The number of nitrogens with two attached hydrogens (primary N) is 1. The van der Waals surface area contributed by atoms with Crippen molar-refractivity contribution in [1.82, 2.24) is 4.90 Å². The Hall–Kier alpha value is -1.39. The largest absolute Gasteiger partial charge is 0.330 e. The van der Waals surface area contributed by atoms with E-state index < -0.39 is 0 Å². The molecule has 0 aromatic heterocycles. The highest BCUT2D eigenvalue weighted by molar-refractivity contribution is 5.92. The lowest BCUT2D eigenvalue weighted by Crippen LogP contribution is -2.40. The summed E-state index contributed by atoms with van der Waals surface area (Å²) in [7, 11) is 0. The van der Waals surface area contributed by atoms with E-state index in [0.29, 0.717) is 12.5 Å². The zero-order valence-electron chi connectivity index (χ0n) is 13.0. The molecule has 1 aromatic carbocycles. The molecule has 1 aliphatic rings. The minimum Gasteiger partial charge on any atom is -0.330 e. The molecule has 3 N–H and O–H groups in total. The Bertz CT molecular complexity index is 436. The molecule has 0 aliphatic carbocycles. The Kier molecular flexibility index (Phi) is 6.21. The quantitative estimate of drug-likeness (QED) is 0.844. The van der Waals surface area contributed by atoms with Crippen LogP contribution in [-0.2, 0) is 11.2 Å². The molecule has 116 valence electrons. The van der Waals surface area contributed by atoms with Gasteiger partial charge in [-0.05, 0) is 62.5 Å². The molecule has 0 radical (unpaired) electrons. The van der Waals surface area contributed by atoms with Crippen molar-refractivity contribution in [2.45, 2.75) is 32.6 Å². The first-order valence-electron chi connectivity index (χ1n) is 8.02. The van der Waals surface area contributed by atoms with Crippen LogP contribution in [0.1, 0.15) is 31.7 Å². The topological polar surface area (TPSA) is 58.4 Å². The fourth-order valence-electron chi connectivity index (χ4n) is 2.83. The van der Waals surface area contributed by atoms with Crippen molar-refractivity contribution in [3.63, 3.8) is 0 Å². The lowest BCUT2D eigenvalue weighted by molar-refractivity contribution is -0.117. The summed E-state index contributed by atoms with van der Waals surface area (Å²) in [6.45, 7) is 5.37. The van der Waals surface area contributed by atoms with Gasteiger partial charge in [-0.2, -0.15) is 0 Å². The SMILES string of the molecule is CCCc1ccc(NC(=O)CN2CCC(CN)CC2)cc1. The van der Waals surface area contributed by atoms with Crippen molar-refractivity contribution in [2.75, 3.05) is 31.5 Å². The summed E-state index contributed by atoms with van der Waals surface area (Å²) in [6.07, 6.45) is 4.44. The summed E-state index contributed by atoms with van der Waals surface area (Å²) in [5, 5.41) is 2.98. The molecule has 1 saturated heterocycles. The van der Waals surface area contributed by atoms with Gasteiger partial charge in [0.05, 0.1) is 6.54 Å². The van der Waals surface area contributed by atoms with E-state index in [1.165, 1.54) is 5.56 Å². The summed E-state index contributed by atoms with van der Waals surface area (Å²) >= 11 is 0. The Morgan fingerprint density at radius 1 is 1.29 bits per heavy atom. The van der Waals surface area contributed by atoms with E-state index in [4.69, 9.17) is 5.73 Å². The number of anilines is 1. The number of amides is 1. The number of piperidine rings is 1.